The SMILES string of the molecule is NC1C2CCCOC2C1NC(=O)c1cc(Cl)ccc1Br. The summed E-state index contributed by atoms with van der Waals surface area (Å²) in [6.45, 7) is 0.751. The first-order chi connectivity index (χ1) is 9.58. The highest BCUT2D eigenvalue weighted by atomic mass is 79.9. The van der Waals surface area contributed by atoms with Crippen LogP contribution in [0.25, 0.3) is 0 Å². The van der Waals surface area contributed by atoms with Crippen molar-refractivity contribution in [3.05, 3.63) is 33.3 Å². The zero-order chi connectivity index (χ0) is 14.3. The average molecular weight is 360 g/mol. The molecule has 0 bridgehead atoms. The predicted molar refractivity (Wildman–Crippen MR) is 80.8 cm³/mol. The Bertz CT molecular complexity index is 540. The van der Waals surface area contributed by atoms with Crippen LogP contribution < -0.4 is 11.1 Å². The van der Waals surface area contributed by atoms with E-state index in [1.54, 1.807) is 18.2 Å². The summed E-state index contributed by atoms with van der Waals surface area (Å²) in [5.41, 5.74) is 6.66. The van der Waals surface area contributed by atoms with Crippen LogP contribution in [0.2, 0.25) is 5.02 Å². The zero-order valence-electron chi connectivity index (χ0n) is 10.8. The molecule has 2 fully saturated rings. The molecule has 4 atom stereocenters. The molecule has 1 saturated heterocycles. The van der Waals surface area contributed by atoms with E-state index in [0.29, 0.717) is 21.0 Å². The molecule has 3 rings (SSSR count). The highest BCUT2D eigenvalue weighted by Gasteiger charge is 2.51. The molecule has 0 spiro atoms. The first-order valence-corrected chi connectivity index (χ1v) is 7.88. The summed E-state index contributed by atoms with van der Waals surface area (Å²) in [7, 11) is 0. The maximum Gasteiger partial charge on any atom is 0.252 e. The molecule has 1 aliphatic heterocycles. The van der Waals surface area contributed by atoms with Crippen molar-refractivity contribution in [3.63, 3.8) is 0 Å². The molecule has 1 amide bonds. The van der Waals surface area contributed by atoms with E-state index >= 15 is 0 Å². The molecule has 1 aromatic carbocycles. The minimum Gasteiger partial charge on any atom is -0.376 e. The molecule has 1 heterocycles. The van der Waals surface area contributed by atoms with Gasteiger partial charge in [0.15, 0.2) is 0 Å². The molecule has 2 aliphatic rings. The Morgan fingerprint density at radius 2 is 2.30 bits per heavy atom. The van der Waals surface area contributed by atoms with E-state index in [1.807, 2.05) is 0 Å². The average Bonchev–Trinajstić information content (AvgIpc) is 2.46. The third kappa shape index (κ3) is 2.48. The number of carbonyl (C=O) groups excluding carboxylic acids is 1. The largest absolute Gasteiger partial charge is 0.376 e. The van der Waals surface area contributed by atoms with Crippen molar-refractivity contribution in [1.82, 2.24) is 5.32 Å². The summed E-state index contributed by atoms with van der Waals surface area (Å²) < 4.78 is 6.43. The molecule has 6 heteroatoms. The number of hydrogen-bond acceptors (Lipinski definition) is 3. The van der Waals surface area contributed by atoms with Gasteiger partial charge in [0, 0.05) is 28.1 Å². The Morgan fingerprint density at radius 1 is 1.50 bits per heavy atom. The molecule has 1 saturated carbocycles. The third-order valence-corrected chi connectivity index (χ3v) is 5.07. The fourth-order valence-corrected chi connectivity index (χ4v) is 3.63. The second kappa shape index (κ2) is 5.64. The normalized spacial score (nSPS) is 32.1. The lowest BCUT2D eigenvalue weighted by Crippen LogP contribution is -2.72. The van der Waals surface area contributed by atoms with Crippen molar-refractivity contribution in [3.8, 4) is 0 Å². The maximum absolute atomic E-state index is 12.3. The monoisotopic (exact) mass is 358 g/mol. The number of fused-ring (bicyclic) bond motifs is 1. The molecule has 3 N–H and O–H groups in total. The number of rotatable bonds is 2. The van der Waals surface area contributed by atoms with Crippen molar-refractivity contribution in [2.75, 3.05) is 6.61 Å². The van der Waals surface area contributed by atoms with Crippen LogP contribution in [-0.2, 0) is 4.74 Å². The van der Waals surface area contributed by atoms with Crippen LogP contribution in [0.4, 0.5) is 0 Å². The van der Waals surface area contributed by atoms with Gasteiger partial charge in [-0.05, 0) is 47.0 Å². The number of benzene rings is 1. The Morgan fingerprint density at radius 3 is 3.10 bits per heavy atom. The predicted octanol–water partition coefficient (Wildman–Crippen LogP) is 2.34. The Balaban J connectivity index is 1.71. The lowest BCUT2D eigenvalue weighted by molar-refractivity contribution is -0.117. The van der Waals surface area contributed by atoms with Crippen LogP contribution in [0.1, 0.15) is 23.2 Å². The molecule has 4 unspecified atom stereocenters. The fraction of sp³-hybridized carbons (Fsp3) is 0.500. The second-order valence-corrected chi connectivity index (χ2v) is 6.63. The first-order valence-electron chi connectivity index (χ1n) is 6.71. The van der Waals surface area contributed by atoms with Crippen LogP contribution in [0.3, 0.4) is 0 Å². The van der Waals surface area contributed by atoms with Crippen molar-refractivity contribution in [2.24, 2.45) is 11.7 Å². The highest BCUT2D eigenvalue weighted by molar-refractivity contribution is 9.10. The van der Waals surface area contributed by atoms with Crippen molar-refractivity contribution in [1.29, 1.82) is 0 Å². The quantitative estimate of drug-likeness (QED) is 0.852. The molecule has 20 heavy (non-hydrogen) atoms. The number of ether oxygens (including phenoxy) is 1. The summed E-state index contributed by atoms with van der Waals surface area (Å²) in [5.74, 6) is 0.198. The van der Waals surface area contributed by atoms with Crippen LogP contribution >= 0.6 is 27.5 Å². The van der Waals surface area contributed by atoms with E-state index in [-0.39, 0.29) is 24.1 Å². The lowest BCUT2D eigenvalue weighted by Gasteiger charge is -2.52. The summed E-state index contributed by atoms with van der Waals surface area (Å²) >= 11 is 9.30. The number of carbonyl (C=O) groups is 1. The highest BCUT2D eigenvalue weighted by Crippen LogP contribution is 2.37. The van der Waals surface area contributed by atoms with E-state index in [1.165, 1.54) is 0 Å². The van der Waals surface area contributed by atoms with E-state index < -0.39 is 0 Å². The van der Waals surface area contributed by atoms with Crippen LogP contribution in [0.5, 0.6) is 0 Å². The Labute approximate surface area is 131 Å². The minimum atomic E-state index is -0.174. The summed E-state index contributed by atoms with van der Waals surface area (Å²) in [6, 6.07) is 5.00. The van der Waals surface area contributed by atoms with E-state index in [4.69, 9.17) is 22.1 Å². The molecule has 108 valence electrons. The van der Waals surface area contributed by atoms with Gasteiger partial charge >= 0.3 is 0 Å². The third-order valence-electron chi connectivity index (χ3n) is 4.15. The number of nitrogens with two attached hydrogens (primary N) is 1. The fourth-order valence-electron chi connectivity index (χ4n) is 3.03. The molecule has 1 aliphatic carbocycles. The standard InChI is InChI=1S/C14H16BrClN2O2/c15-10-4-3-7(16)6-9(10)14(19)18-12-11(17)8-2-1-5-20-13(8)12/h3-4,6,8,11-13H,1-2,5,17H2,(H,18,19). The van der Waals surface area contributed by atoms with Crippen LogP contribution in [0, 0.1) is 5.92 Å². The second-order valence-electron chi connectivity index (χ2n) is 5.34. The number of nitrogens with one attached hydrogen (secondary N) is 1. The number of hydrogen-bond donors (Lipinski definition) is 2. The van der Waals surface area contributed by atoms with Crippen molar-refractivity contribution >= 4 is 33.4 Å². The van der Waals surface area contributed by atoms with Crippen molar-refractivity contribution < 1.29 is 9.53 Å². The molecule has 0 aromatic heterocycles. The van der Waals surface area contributed by atoms with Gasteiger partial charge in [-0.15, -0.1) is 0 Å². The van der Waals surface area contributed by atoms with Gasteiger partial charge in [-0.25, -0.2) is 0 Å². The van der Waals surface area contributed by atoms with Gasteiger partial charge in [-0.1, -0.05) is 11.6 Å². The molecule has 1 aromatic rings. The van der Waals surface area contributed by atoms with Gasteiger partial charge in [-0.3, -0.25) is 4.79 Å². The van der Waals surface area contributed by atoms with E-state index in [2.05, 4.69) is 21.2 Å². The van der Waals surface area contributed by atoms with Gasteiger partial charge in [0.1, 0.15) is 0 Å². The van der Waals surface area contributed by atoms with Gasteiger partial charge in [0.2, 0.25) is 0 Å². The van der Waals surface area contributed by atoms with Gasteiger partial charge in [-0.2, -0.15) is 0 Å². The van der Waals surface area contributed by atoms with Crippen molar-refractivity contribution in [2.45, 2.75) is 31.0 Å². The smallest absolute Gasteiger partial charge is 0.252 e. The van der Waals surface area contributed by atoms with E-state index in [0.717, 1.165) is 19.4 Å². The summed E-state index contributed by atoms with van der Waals surface area (Å²) in [6.07, 6.45) is 2.19. The lowest BCUT2D eigenvalue weighted by atomic mass is 9.68. The van der Waals surface area contributed by atoms with E-state index in [9.17, 15) is 4.79 Å². The topological polar surface area (TPSA) is 64.3 Å². The minimum absolute atomic E-state index is 0.0257. The number of halogens is 2. The zero-order valence-corrected chi connectivity index (χ0v) is 13.2. The molecule has 0 radical (unpaired) electrons. The van der Waals surface area contributed by atoms with Crippen LogP contribution in [-0.4, -0.2) is 30.7 Å². The first kappa shape index (κ1) is 14.3. The molecule has 4 nitrogen and oxygen atoms in total. The molecular weight excluding hydrogens is 344 g/mol. The van der Waals surface area contributed by atoms with Crippen LogP contribution in [0.15, 0.2) is 22.7 Å². The summed E-state index contributed by atoms with van der Waals surface area (Å²) in [5, 5.41) is 3.50. The van der Waals surface area contributed by atoms with Gasteiger partial charge in [0.25, 0.3) is 5.91 Å². The number of amides is 1. The van der Waals surface area contributed by atoms with Gasteiger partial charge in [0.05, 0.1) is 17.7 Å². The maximum atomic E-state index is 12.3. The molecular formula is C14H16BrClN2O2. The summed E-state index contributed by atoms with van der Waals surface area (Å²) in [4.78, 5) is 12.3. The Hall–Kier alpha value is -0.620. The van der Waals surface area contributed by atoms with Gasteiger partial charge < -0.3 is 15.8 Å². The Kier molecular flexibility index (Phi) is 4.04.